The highest BCUT2D eigenvalue weighted by Crippen LogP contribution is 2.29. The standard InChI is InChI=1S/C23H28F3N5O.HI/c1-27-22(29-17-18-7-9-19(10-8-18)23(24,25)26)28-12-11-21(32)31-15-13-30(14-16-31)20-5-3-2-4-6-20;/h2-10H,11-17H2,1H3,(H2,27,28,29);1H. The Kier molecular flexibility index (Phi) is 10.3. The molecule has 0 saturated carbocycles. The topological polar surface area (TPSA) is 60.0 Å². The molecular formula is C23H29F3IN5O. The molecule has 0 radical (unpaired) electrons. The number of anilines is 1. The van der Waals surface area contributed by atoms with E-state index in [-0.39, 0.29) is 29.9 Å². The molecule has 0 unspecified atom stereocenters. The summed E-state index contributed by atoms with van der Waals surface area (Å²) in [6.07, 6.45) is -4.00. The summed E-state index contributed by atoms with van der Waals surface area (Å²) in [6.45, 7) is 3.74. The maximum atomic E-state index is 12.6. The van der Waals surface area contributed by atoms with Gasteiger partial charge in [-0.25, -0.2) is 0 Å². The van der Waals surface area contributed by atoms with Gasteiger partial charge in [0.05, 0.1) is 5.56 Å². The predicted molar refractivity (Wildman–Crippen MR) is 135 cm³/mol. The Morgan fingerprint density at radius 3 is 2.18 bits per heavy atom. The molecule has 0 aliphatic carbocycles. The minimum atomic E-state index is -4.34. The normalized spacial score (nSPS) is 14.5. The third-order valence-electron chi connectivity index (χ3n) is 5.35. The number of rotatable bonds is 6. The zero-order chi connectivity index (χ0) is 23.0. The zero-order valence-corrected chi connectivity index (χ0v) is 20.8. The second-order valence-electron chi connectivity index (χ2n) is 7.50. The number of amides is 1. The molecule has 2 N–H and O–H groups in total. The van der Waals surface area contributed by atoms with E-state index >= 15 is 0 Å². The van der Waals surface area contributed by atoms with Gasteiger partial charge in [0.1, 0.15) is 0 Å². The molecule has 0 spiro atoms. The Morgan fingerprint density at radius 2 is 1.61 bits per heavy atom. The Labute approximate surface area is 209 Å². The number of halogens is 4. The van der Waals surface area contributed by atoms with Crippen LogP contribution in [0.3, 0.4) is 0 Å². The molecule has 0 bridgehead atoms. The lowest BCUT2D eigenvalue weighted by molar-refractivity contribution is -0.137. The highest BCUT2D eigenvalue weighted by molar-refractivity contribution is 14.0. The maximum Gasteiger partial charge on any atom is 0.416 e. The van der Waals surface area contributed by atoms with Crippen LogP contribution in [0.4, 0.5) is 18.9 Å². The van der Waals surface area contributed by atoms with E-state index in [0.29, 0.717) is 44.1 Å². The van der Waals surface area contributed by atoms with E-state index in [9.17, 15) is 18.0 Å². The number of carbonyl (C=O) groups excluding carboxylic acids is 1. The highest BCUT2D eigenvalue weighted by atomic mass is 127. The summed E-state index contributed by atoms with van der Waals surface area (Å²) < 4.78 is 37.9. The van der Waals surface area contributed by atoms with Gasteiger partial charge in [-0.2, -0.15) is 13.2 Å². The molecule has 0 aromatic heterocycles. The first-order chi connectivity index (χ1) is 15.4. The molecule has 33 heavy (non-hydrogen) atoms. The molecule has 1 amide bonds. The molecule has 1 heterocycles. The van der Waals surface area contributed by atoms with Crippen LogP contribution in [0.2, 0.25) is 0 Å². The monoisotopic (exact) mass is 575 g/mol. The quantitative estimate of drug-likeness (QED) is 0.313. The molecule has 6 nitrogen and oxygen atoms in total. The lowest BCUT2D eigenvalue weighted by Crippen LogP contribution is -2.49. The molecule has 2 aromatic carbocycles. The number of nitrogens with zero attached hydrogens (tertiary/aromatic N) is 3. The fourth-order valence-corrected chi connectivity index (χ4v) is 3.52. The minimum absolute atomic E-state index is 0. The molecular weight excluding hydrogens is 546 g/mol. The number of piperazine rings is 1. The van der Waals surface area contributed by atoms with Crippen molar-refractivity contribution in [2.75, 3.05) is 44.7 Å². The Morgan fingerprint density at radius 1 is 0.970 bits per heavy atom. The van der Waals surface area contributed by atoms with Gasteiger partial charge >= 0.3 is 6.18 Å². The van der Waals surface area contributed by atoms with Crippen molar-refractivity contribution in [1.29, 1.82) is 0 Å². The van der Waals surface area contributed by atoms with Crippen molar-refractivity contribution in [1.82, 2.24) is 15.5 Å². The first kappa shape index (κ1) is 26.7. The van der Waals surface area contributed by atoms with E-state index in [4.69, 9.17) is 0 Å². The number of benzene rings is 2. The number of hydrogen-bond donors (Lipinski definition) is 2. The Balaban J connectivity index is 0.00000385. The van der Waals surface area contributed by atoms with Crippen LogP contribution in [-0.4, -0.2) is 56.5 Å². The van der Waals surface area contributed by atoms with E-state index in [1.807, 2.05) is 23.1 Å². The fourth-order valence-electron chi connectivity index (χ4n) is 3.52. The second kappa shape index (κ2) is 12.7. The minimum Gasteiger partial charge on any atom is -0.368 e. The molecule has 10 heteroatoms. The Hall–Kier alpha value is -2.50. The van der Waals surface area contributed by atoms with Crippen LogP contribution in [0, 0.1) is 0 Å². The van der Waals surface area contributed by atoms with E-state index in [1.54, 1.807) is 7.05 Å². The van der Waals surface area contributed by atoms with Gasteiger partial charge in [-0.05, 0) is 29.8 Å². The van der Waals surface area contributed by atoms with Crippen LogP contribution >= 0.6 is 24.0 Å². The number of para-hydroxylation sites is 1. The third kappa shape index (κ3) is 8.09. The second-order valence-corrected chi connectivity index (χ2v) is 7.50. The third-order valence-corrected chi connectivity index (χ3v) is 5.35. The molecule has 1 saturated heterocycles. The van der Waals surface area contributed by atoms with E-state index in [1.165, 1.54) is 17.8 Å². The van der Waals surface area contributed by atoms with E-state index < -0.39 is 11.7 Å². The summed E-state index contributed by atoms with van der Waals surface area (Å²) in [7, 11) is 1.60. The first-order valence-corrected chi connectivity index (χ1v) is 10.6. The molecule has 1 aliphatic rings. The average Bonchev–Trinajstić information content (AvgIpc) is 2.81. The van der Waals surface area contributed by atoms with Crippen molar-refractivity contribution in [2.45, 2.75) is 19.1 Å². The summed E-state index contributed by atoms with van der Waals surface area (Å²) in [5.74, 6) is 0.579. The Bertz CT molecular complexity index is 899. The maximum absolute atomic E-state index is 12.6. The van der Waals surface area contributed by atoms with Crippen molar-refractivity contribution in [3.63, 3.8) is 0 Å². The number of aliphatic imine (C=N–C) groups is 1. The van der Waals surface area contributed by atoms with E-state index in [2.05, 4.69) is 32.7 Å². The van der Waals surface area contributed by atoms with Crippen LogP contribution in [0.15, 0.2) is 59.6 Å². The van der Waals surface area contributed by atoms with Crippen LogP contribution in [0.25, 0.3) is 0 Å². The number of carbonyl (C=O) groups is 1. The summed E-state index contributed by atoms with van der Waals surface area (Å²) in [5.41, 5.74) is 1.20. The van der Waals surface area contributed by atoms with Gasteiger partial charge in [0.2, 0.25) is 5.91 Å². The van der Waals surface area contributed by atoms with Crippen molar-refractivity contribution in [3.05, 3.63) is 65.7 Å². The van der Waals surface area contributed by atoms with Gasteiger partial charge in [0.25, 0.3) is 0 Å². The SMILES string of the molecule is CN=C(NCCC(=O)N1CCN(c2ccccc2)CC1)NCc1ccc(C(F)(F)F)cc1.I. The van der Waals surface area contributed by atoms with E-state index in [0.717, 1.165) is 25.2 Å². The average molecular weight is 575 g/mol. The highest BCUT2D eigenvalue weighted by Gasteiger charge is 2.29. The smallest absolute Gasteiger partial charge is 0.368 e. The van der Waals surface area contributed by atoms with Crippen LogP contribution in [0.5, 0.6) is 0 Å². The van der Waals surface area contributed by atoms with Crippen LogP contribution in [-0.2, 0) is 17.5 Å². The largest absolute Gasteiger partial charge is 0.416 e. The number of alkyl halides is 3. The molecule has 0 atom stereocenters. The van der Waals surface area contributed by atoms with Gasteiger partial charge in [-0.15, -0.1) is 24.0 Å². The number of hydrogen-bond acceptors (Lipinski definition) is 3. The molecule has 2 aromatic rings. The summed E-state index contributed by atoms with van der Waals surface area (Å²) >= 11 is 0. The van der Waals surface area contributed by atoms with Gasteiger partial charge in [0.15, 0.2) is 5.96 Å². The molecule has 1 fully saturated rings. The lowest BCUT2D eigenvalue weighted by Gasteiger charge is -2.36. The van der Waals surface area contributed by atoms with Crippen molar-refractivity contribution >= 4 is 41.5 Å². The van der Waals surface area contributed by atoms with Gasteiger partial charge in [-0.1, -0.05) is 30.3 Å². The lowest BCUT2D eigenvalue weighted by atomic mass is 10.1. The molecule has 3 rings (SSSR count). The van der Waals surface area contributed by atoms with Gasteiger partial charge < -0.3 is 20.4 Å². The number of guanidine groups is 1. The fraction of sp³-hybridized carbons (Fsp3) is 0.391. The summed E-state index contributed by atoms with van der Waals surface area (Å²) in [6, 6.07) is 15.1. The van der Waals surface area contributed by atoms with Crippen molar-refractivity contribution in [2.24, 2.45) is 4.99 Å². The van der Waals surface area contributed by atoms with Crippen molar-refractivity contribution in [3.8, 4) is 0 Å². The molecule has 1 aliphatic heterocycles. The van der Waals surface area contributed by atoms with Gasteiger partial charge in [-0.3, -0.25) is 9.79 Å². The number of nitrogens with one attached hydrogen (secondary N) is 2. The van der Waals surface area contributed by atoms with Crippen molar-refractivity contribution < 1.29 is 18.0 Å². The first-order valence-electron chi connectivity index (χ1n) is 10.6. The predicted octanol–water partition coefficient (Wildman–Crippen LogP) is 3.73. The van der Waals surface area contributed by atoms with Gasteiger partial charge in [0, 0.05) is 58.4 Å². The summed E-state index contributed by atoms with van der Waals surface area (Å²) in [4.78, 5) is 20.8. The van der Waals surface area contributed by atoms with Crippen LogP contribution in [0.1, 0.15) is 17.5 Å². The zero-order valence-electron chi connectivity index (χ0n) is 18.4. The van der Waals surface area contributed by atoms with Crippen LogP contribution < -0.4 is 15.5 Å². The summed E-state index contributed by atoms with van der Waals surface area (Å²) in [5, 5.41) is 6.13. The molecule has 180 valence electrons.